The van der Waals surface area contributed by atoms with Crippen molar-refractivity contribution in [3.8, 4) is 0 Å². The molecule has 1 aromatic heterocycles. The van der Waals surface area contributed by atoms with Crippen molar-refractivity contribution in [1.29, 1.82) is 0 Å². The summed E-state index contributed by atoms with van der Waals surface area (Å²) in [5.41, 5.74) is 8.92. The van der Waals surface area contributed by atoms with Crippen molar-refractivity contribution in [2.75, 3.05) is 6.54 Å². The number of hydrogen-bond acceptors (Lipinski definition) is 5. The SMILES string of the molecule is NC(CC(=O)OCc1ccccc1)C(=O)NCCc1cccc2[nH]ccc12.O=C(O)C(F)(F)F. The topological polar surface area (TPSA) is 135 Å². The summed E-state index contributed by atoms with van der Waals surface area (Å²) in [4.78, 5) is 36.0. The number of carbonyl (C=O) groups is 3. The molecule has 182 valence electrons. The van der Waals surface area contributed by atoms with Crippen molar-refractivity contribution in [2.45, 2.75) is 31.7 Å². The maximum absolute atomic E-state index is 12.1. The summed E-state index contributed by atoms with van der Waals surface area (Å²) >= 11 is 0. The van der Waals surface area contributed by atoms with E-state index < -0.39 is 24.2 Å². The zero-order valence-corrected chi connectivity index (χ0v) is 18.0. The maximum atomic E-state index is 12.1. The van der Waals surface area contributed by atoms with Crippen molar-refractivity contribution in [2.24, 2.45) is 5.73 Å². The molecule has 5 N–H and O–H groups in total. The first-order chi connectivity index (χ1) is 16.1. The second-order valence-corrected chi connectivity index (χ2v) is 7.16. The number of rotatable bonds is 8. The van der Waals surface area contributed by atoms with E-state index in [9.17, 15) is 22.8 Å². The van der Waals surface area contributed by atoms with E-state index in [1.54, 1.807) is 0 Å². The number of aliphatic carboxylic acids is 1. The highest BCUT2D eigenvalue weighted by molar-refractivity contribution is 5.86. The van der Waals surface area contributed by atoms with Gasteiger partial charge in [0.1, 0.15) is 6.61 Å². The number of nitrogens with one attached hydrogen (secondary N) is 2. The lowest BCUT2D eigenvalue weighted by molar-refractivity contribution is -0.192. The Balaban J connectivity index is 0.000000509. The molecule has 0 aliphatic rings. The van der Waals surface area contributed by atoms with Crippen molar-refractivity contribution in [3.63, 3.8) is 0 Å². The lowest BCUT2D eigenvalue weighted by Gasteiger charge is -2.12. The lowest BCUT2D eigenvalue weighted by atomic mass is 10.1. The summed E-state index contributed by atoms with van der Waals surface area (Å²) in [6, 6.07) is 16.5. The Bertz CT molecular complexity index is 1100. The fraction of sp³-hybridized carbons (Fsp3) is 0.261. The standard InChI is InChI=1S/C21H23N3O3.C2HF3O2/c22-18(13-20(25)27-14-15-5-2-1-3-6-15)21(26)24-11-9-16-7-4-8-19-17(16)10-12-23-19;3-2(4,5)1(6)7/h1-8,10,12,18,23H,9,11,13-14,22H2,(H,24,26);(H,6,7). The molecule has 8 nitrogen and oxygen atoms in total. The van der Waals surface area contributed by atoms with Gasteiger partial charge < -0.3 is 25.9 Å². The van der Waals surface area contributed by atoms with Crippen LogP contribution in [0.5, 0.6) is 0 Å². The number of carboxylic acids is 1. The minimum Gasteiger partial charge on any atom is -0.475 e. The van der Waals surface area contributed by atoms with Gasteiger partial charge in [-0.15, -0.1) is 0 Å². The number of carboxylic acid groups (broad SMARTS) is 1. The number of aromatic amines is 1. The predicted octanol–water partition coefficient (Wildman–Crippen LogP) is 2.92. The van der Waals surface area contributed by atoms with E-state index in [0.29, 0.717) is 13.0 Å². The molecule has 11 heteroatoms. The van der Waals surface area contributed by atoms with E-state index in [0.717, 1.165) is 22.0 Å². The van der Waals surface area contributed by atoms with E-state index in [-0.39, 0.29) is 18.9 Å². The van der Waals surface area contributed by atoms with Crippen LogP contribution in [-0.2, 0) is 32.1 Å². The first-order valence-corrected chi connectivity index (χ1v) is 10.2. The summed E-state index contributed by atoms with van der Waals surface area (Å²) in [6.07, 6.45) is -2.65. The second-order valence-electron chi connectivity index (χ2n) is 7.16. The van der Waals surface area contributed by atoms with Crippen LogP contribution in [0.2, 0.25) is 0 Å². The van der Waals surface area contributed by atoms with Gasteiger partial charge in [-0.1, -0.05) is 42.5 Å². The summed E-state index contributed by atoms with van der Waals surface area (Å²) in [5.74, 6) is -3.60. The van der Waals surface area contributed by atoms with Crippen LogP contribution in [-0.4, -0.2) is 46.7 Å². The van der Waals surface area contributed by atoms with Gasteiger partial charge in [0.25, 0.3) is 0 Å². The van der Waals surface area contributed by atoms with E-state index in [4.69, 9.17) is 20.4 Å². The number of hydrogen-bond donors (Lipinski definition) is 4. The minimum absolute atomic E-state index is 0.147. The Kier molecular flexibility index (Phi) is 9.62. The Morgan fingerprint density at radius 3 is 2.38 bits per heavy atom. The fourth-order valence-electron chi connectivity index (χ4n) is 2.89. The van der Waals surface area contributed by atoms with Gasteiger partial charge in [0.2, 0.25) is 5.91 Å². The molecule has 0 bridgehead atoms. The average molecular weight is 479 g/mol. The number of fused-ring (bicyclic) bond motifs is 1. The lowest BCUT2D eigenvalue weighted by Crippen LogP contribution is -2.42. The number of esters is 1. The van der Waals surface area contributed by atoms with Crippen molar-refractivity contribution in [1.82, 2.24) is 10.3 Å². The van der Waals surface area contributed by atoms with Crippen LogP contribution < -0.4 is 11.1 Å². The average Bonchev–Trinajstić information content (AvgIpc) is 3.28. The molecule has 0 radical (unpaired) electrons. The molecule has 0 aliphatic carbocycles. The third-order valence-electron chi connectivity index (χ3n) is 4.59. The second kappa shape index (κ2) is 12.4. The monoisotopic (exact) mass is 479 g/mol. The van der Waals surface area contributed by atoms with E-state index >= 15 is 0 Å². The zero-order chi connectivity index (χ0) is 25.1. The third-order valence-corrected chi connectivity index (χ3v) is 4.59. The van der Waals surface area contributed by atoms with Crippen LogP contribution in [0.4, 0.5) is 13.2 Å². The molecule has 0 saturated carbocycles. The molecule has 0 saturated heterocycles. The van der Waals surface area contributed by atoms with E-state index in [2.05, 4.69) is 10.3 Å². The number of aromatic nitrogens is 1. The Morgan fingerprint density at radius 2 is 1.74 bits per heavy atom. The largest absolute Gasteiger partial charge is 0.490 e. The van der Waals surface area contributed by atoms with Gasteiger partial charge in [-0.2, -0.15) is 13.2 Å². The van der Waals surface area contributed by atoms with E-state index in [1.165, 1.54) is 0 Å². The predicted molar refractivity (Wildman–Crippen MR) is 118 cm³/mol. The zero-order valence-electron chi connectivity index (χ0n) is 18.0. The summed E-state index contributed by atoms with van der Waals surface area (Å²) in [7, 11) is 0. The summed E-state index contributed by atoms with van der Waals surface area (Å²) < 4.78 is 36.9. The van der Waals surface area contributed by atoms with Gasteiger partial charge in [0.05, 0.1) is 12.5 Å². The van der Waals surface area contributed by atoms with Gasteiger partial charge in [-0.3, -0.25) is 9.59 Å². The molecule has 1 unspecified atom stereocenters. The van der Waals surface area contributed by atoms with Gasteiger partial charge in [0, 0.05) is 23.6 Å². The van der Waals surface area contributed by atoms with E-state index in [1.807, 2.05) is 60.8 Å². The van der Waals surface area contributed by atoms with Crippen molar-refractivity contribution < 1.29 is 37.4 Å². The Morgan fingerprint density at radius 1 is 1.06 bits per heavy atom. The van der Waals surface area contributed by atoms with Crippen LogP contribution in [0, 0.1) is 0 Å². The number of benzene rings is 2. The highest BCUT2D eigenvalue weighted by Crippen LogP contribution is 2.17. The fourth-order valence-corrected chi connectivity index (χ4v) is 2.89. The quantitative estimate of drug-likeness (QED) is 0.367. The van der Waals surface area contributed by atoms with Crippen LogP contribution in [0.1, 0.15) is 17.5 Å². The summed E-state index contributed by atoms with van der Waals surface area (Å²) in [5, 5.41) is 11.0. The van der Waals surface area contributed by atoms with Crippen LogP contribution >= 0.6 is 0 Å². The van der Waals surface area contributed by atoms with Crippen LogP contribution in [0.15, 0.2) is 60.8 Å². The molecule has 0 fully saturated rings. The van der Waals surface area contributed by atoms with Gasteiger partial charge >= 0.3 is 18.1 Å². The number of carbonyl (C=O) groups excluding carboxylic acids is 2. The maximum Gasteiger partial charge on any atom is 0.490 e. The molecule has 0 aliphatic heterocycles. The molecule has 3 rings (SSSR count). The van der Waals surface area contributed by atoms with Crippen LogP contribution in [0.25, 0.3) is 10.9 Å². The van der Waals surface area contributed by atoms with Gasteiger partial charge in [-0.05, 0) is 29.7 Å². The van der Waals surface area contributed by atoms with Gasteiger partial charge in [0.15, 0.2) is 0 Å². The van der Waals surface area contributed by atoms with Gasteiger partial charge in [-0.25, -0.2) is 4.79 Å². The van der Waals surface area contributed by atoms with Crippen LogP contribution in [0.3, 0.4) is 0 Å². The highest BCUT2D eigenvalue weighted by atomic mass is 19.4. The molecule has 0 spiro atoms. The molecule has 34 heavy (non-hydrogen) atoms. The number of halogens is 3. The number of alkyl halides is 3. The molecule has 2 aromatic carbocycles. The number of H-pyrrole nitrogens is 1. The smallest absolute Gasteiger partial charge is 0.475 e. The Labute approximate surface area is 192 Å². The molecule has 3 aromatic rings. The molecular formula is C23H24F3N3O5. The third kappa shape index (κ3) is 8.58. The number of ether oxygens (including phenoxy) is 1. The highest BCUT2D eigenvalue weighted by Gasteiger charge is 2.38. The minimum atomic E-state index is -5.08. The number of amides is 1. The molecular weight excluding hydrogens is 455 g/mol. The normalized spacial score (nSPS) is 11.8. The Hall–Kier alpha value is -3.86. The first kappa shape index (κ1) is 26.4. The summed E-state index contributed by atoms with van der Waals surface area (Å²) in [6.45, 7) is 0.630. The first-order valence-electron chi connectivity index (χ1n) is 10.2. The molecule has 1 atom stereocenters. The van der Waals surface area contributed by atoms with Crippen molar-refractivity contribution >= 4 is 28.7 Å². The molecule has 1 heterocycles. The number of nitrogens with two attached hydrogens (primary N) is 1. The van der Waals surface area contributed by atoms with Crippen molar-refractivity contribution in [3.05, 3.63) is 71.9 Å². The molecule has 1 amide bonds.